The van der Waals surface area contributed by atoms with Crippen LogP contribution >= 0.6 is 15.9 Å². The molecule has 0 spiro atoms. The molecule has 1 heterocycles. The van der Waals surface area contributed by atoms with Gasteiger partial charge in [-0.1, -0.05) is 34.1 Å². The largest absolute Gasteiger partial charge is 0.310 e. The molecule has 0 saturated carbocycles. The molecule has 0 unspecified atom stereocenters. The Morgan fingerprint density at radius 1 is 1.38 bits per heavy atom. The van der Waals surface area contributed by atoms with Gasteiger partial charge in [-0.3, -0.25) is 4.79 Å². The fraction of sp³-hybridized carbons (Fsp3) is 0.167. The van der Waals surface area contributed by atoms with Crippen molar-refractivity contribution in [3.8, 4) is 0 Å². The van der Waals surface area contributed by atoms with Crippen LogP contribution in [0.5, 0.6) is 0 Å². The lowest BCUT2D eigenvalue weighted by Gasteiger charge is -2.04. The molecule has 0 fully saturated rings. The van der Waals surface area contributed by atoms with Crippen molar-refractivity contribution in [2.45, 2.75) is 13.3 Å². The van der Waals surface area contributed by atoms with Gasteiger partial charge >= 0.3 is 0 Å². The van der Waals surface area contributed by atoms with Crippen molar-refractivity contribution in [3.63, 3.8) is 0 Å². The van der Waals surface area contributed by atoms with E-state index in [2.05, 4.69) is 25.9 Å². The van der Waals surface area contributed by atoms with Crippen LogP contribution in [0.1, 0.15) is 17.1 Å². The van der Waals surface area contributed by atoms with Crippen molar-refractivity contribution in [1.29, 1.82) is 0 Å². The SMILES string of the molecule is Cc1cc(=O)[nH]c(Cc2ccccc2Br)n1. The second-order valence-corrected chi connectivity index (χ2v) is 4.46. The second-order valence-electron chi connectivity index (χ2n) is 3.60. The Labute approximate surface area is 102 Å². The summed E-state index contributed by atoms with van der Waals surface area (Å²) in [5, 5.41) is 0. The molecule has 2 rings (SSSR count). The summed E-state index contributed by atoms with van der Waals surface area (Å²) in [5.74, 6) is 0.692. The molecule has 82 valence electrons. The lowest BCUT2D eigenvalue weighted by Crippen LogP contribution is -2.11. The minimum atomic E-state index is -0.102. The van der Waals surface area contributed by atoms with Crippen LogP contribution in [0.2, 0.25) is 0 Å². The number of nitrogens with zero attached hydrogens (tertiary/aromatic N) is 1. The van der Waals surface area contributed by atoms with Gasteiger partial charge in [-0.2, -0.15) is 0 Å². The summed E-state index contributed by atoms with van der Waals surface area (Å²) in [5.41, 5.74) is 1.75. The van der Waals surface area contributed by atoms with E-state index in [9.17, 15) is 4.79 Å². The fourth-order valence-corrected chi connectivity index (χ4v) is 1.97. The first-order valence-electron chi connectivity index (χ1n) is 4.95. The van der Waals surface area contributed by atoms with E-state index in [-0.39, 0.29) is 5.56 Å². The summed E-state index contributed by atoms with van der Waals surface area (Å²) >= 11 is 3.47. The fourth-order valence-electron chi connectivity index (χ4n) is 1.55. The highest BCUT2D eigenvalue weighted by atomic mass is 79.9. The Balaban J connectivity index is 2.34. The summed E-state index contributed by atoms with van der Waals surface area (Å²) in [6, 6.07) is 9.40. The van der Waals surface area contributed by atoms with Crippen LogP contribution in [0.25, 0.3) is 0 Å². The van der Waals surface area contributed by atoms with E-state index in [1.54, 1.807) is 0 Å². The Bertz CT molecular complexity index is 563. The summed E-state index contributed by atoms with van der Waals surface area (Å²) in [6.45, 7) is 1.82. The smallest absolute Gasteiger partial charge is 0.251 e. The van der Waals surface area contributed by atoms with E-state index in [1.807, 2.05) is 31.2 Å². The molecule has 0 aliphatic heterocycles. The lowest BCUT2D eigenvalue weighted by atomic mass is 10.1. The van der Waals surface area contributed by atoms with Gasteiger partial charge in [0, 0.05) is 22.7 Å². The highest BCUT2D eigenvalue weighted by molar-refractivity contribution is 9.10. The van der Waals surface area contributed by atoms with Gasteiger partial charge in [-0.15, -0.1) is 0 Å². The molecule has 0 saturated heterocycles. The predicted octanol–water partition coefficient (Wildman–Crippen LogP) is 2.43. The van der Waals surface area contributed by atoms with E-state index in [0.717, 1.165) is 15.7 Å². The predicted molar refractivity (Wildman–Crippen MR) is 66.5 cm³/mol. The van der Waals surface area contributed by atoms with Gasteiger partial charge in [-0.25, -0.2) is 4.98 Å². The van der Waals surface area contributed by atoms with Crippen molar-refractivity contribution >= 4 is 15.9 Å². The van der Waals surface area contributed by atoms with Crippen molar-refractivity contribution in [3.05, 3.63) is 62.2 Å². The molecule has 0 radical (unpaired) electrons. The maximum atomic E-state index is 11.3. The zero-order valence-electron chi connectivity index (χ0n) is 8.83. The maximum absolute atomic E-state index is 11.3. The second kappa shape index (κ2) is 4.61. The average Bonchev–Trinajstić information content (AvgIpc) is 2.20. The maximum Gasteiger partial charge on any atom is 0.251 e. The third-order valence-electron chi connectivity index (χ3n) is 2.23. The molecule has 0 atom stereocenters. The molecule has 0 amide bonds. The van der Waals surface area contributed by atoms with Crippen LogP contribution in [-0.2, 0) is 6.42 Å². The Morgan fingerprint density at radius 2 is 2.12 bits per heavy atom. The lowest BCUT2D eigenvalue weighted by molar-refractivity contribution is 0.919. The van der Waals surface area contributed by atoms with E-state index >= 15 is 0 Å². The number of halogens is 1. The van der Waals surface area contributed by atoms with Gasteiger partial charge in [0.05, 0.1) is 0 Å². The van der Waals surface area contributed by atoms with Crippen molar-refractivity contribution in [2.24, 2.45) is 0 Å². The minimum absolute atomic E-state index is 0.102. The molecule has 1 N–H and O–H groups in total. The standard InChI is InChI=1S/C12H11BrN2O/c1-8-6-12(16)15-11(14-8)7-9-4-2-3-5-10(9)13/h2-6H,7H2,1H3,(H,14,15,16). The highest BCUT2D eigenvalue weighted by Crippen LogP contribution is 2.17. The van der Waals surface area contributed by atoms with Gasteiger partial charge in [0.2, 0.25) is 0 Å². The van der Waals surface area contributed by atoms with E-state index in [4.69, 9.17) is 0 Å². The molecule has 1 aromatic heterocycles. The molecule has 4 heteroatoms. The molecule has 2 aromatic rings. The zero-order chi connectivity index (χ0) is 11.5. The van der Waals surface area contributed by atoms with Crippen LogP contribution in [-0.4, -0.2) is 9.97 Å². The van der Waals surface area contributed by atoms with Crippen molar-refractivity contribution < 1.29 is 0 Å². The van der Waals surface area contributed by atoms with Crippen LogP contribution in [0.15, 0.2) is 39.6 Å². The summed E-state index contributed by atoms with van der Waals surface area (Å²) in [6.07, 6.45) is 0.623. The van der Waals surface area contributed by atoms with Gasteiger partial charge in [0.15, 0.2) is 0 Å². The van der Waals surface area contributed by atoms with Crippen molar-refractivity contribution in [1.82, 2.24) is 9.97 Å². The van der Waals surface area contributed by atoms with Gasteiger partial charge in [-0.05, 0) is 18.6 Å². The van der Waals surface area contributed by atoms with E-state index in [1.165, 1.54) is 6.07 Å². The summed E-state index contributed by atoms with van der Waals surface area (Å²) in [7, 11) is 0. The molecule has 3 nitrogen and oxygen atoms in total. The Morgan fingerprint density at radius 3 is 2.81 bits per heavy atom. The van der Waals surface area contributed by atoms with Gasteiger partial charge in [0.25, 0.3) is 5.56 Å². The van der Waals surface area contributed by atoms with Gasteiger partial charge in [0.1, 0.15) is 5.82 Å². The van der Waals surface area contributed by atoms with E-state index in [0.29, 0.717) is 12.2 Å². The molecule has 1 aromatic carbocycles. The molecular weight excluding hydrogens is 268 g/mol. The third kappa shape index (κ3) is 2.58. The van der Waals surface area contributed by atoms with Crippen LogP contribution in [0.3, 0.4) is 0 Å². The molecule has 0 bridgehead atoms. The third-order valence-corrected chi connectivity index (χ3v) is 3.01. The quantitative estimate of drug-likeness (QED) is 0.917. The molecule has 0 aliphatic carbocycles. The van der Waals surface area contributed by atoms with Crippen molar-refractivity contribution in [2.75, 3.05) is 0 Å². The Kier molecular flexibility index (Phi) is 3.19. The number of benzene rings is 1. The molecule has 0 aliphatic rings. The minimum Gasteiger partial charge on any atom is -0.310 e. The average molecular weight is 279 g/mol. The Hall–Kier alpha value is -1.42. The van der Waals surface area contributed by atoms with Crippen LogP contribution in [0.4, 0.5) is 0 Å². The van der Waals surface area contributed by atoms with Crippen LogP contribution in [0, 0.1) is 6.92 Å². The number of aromatic nitrogens is 2. The number of aromatic amines is 1. The number of H-pyrrole nitrogens is 1. The highest BCUT2D eigenvalue weighted by Gasteiger charge is 2.03. The summed E-state index contributed by atoms with van der Waals surface area (Å²) in [4.78, 5) is 18.3. The summed E-state index contributed by atoms with van der Waals surface area (Å²) < 4.78 is 1.03. The molecular formula is C12H11BrN2O. The topological polar surface area (TPSA) is 45.8 Å². The van der Waals surface area contributed by atoms with Crippen LogP contribution < -0.4 is 5.56 Å². The zero-order valence-corrected chi connectivity index (χ0v) is 10.4. The first-order valence-corrected chi connectivity index (χ1v) is 5.75. The number of aryl methyl sites for hydroxylation is 1. The van der Waals surface area contributed by atoms with Gasteiger partial charge < -0.3 is 4.98 Å². The first kappa shape index (κ1) is 11.1. The van der Waals surface area contributed by atoms with E-state index < -0.39 is 0 Å². The monoisotopic (exact) mass is 278 g/mol. The number of rotatable bonds is 2. The number of hydrogen-bond acceptors (Lipinski definition) is 2. The first-order chi connectivity index (χ1) is 7.65. The normalized spacial score (nSPS) is 10.4. The number of nitrogens with one attached hydrogen (secondary N) is 1. The number of hydrogen-bond donors (Lipinski definition) is 1. The molecule has 16 heavy (non-hydrogen) atoms.